The fourth-order valence-corrected chi connectivity index (χ4v) is 2.85. The van der Waals surface area contributed by atoms with Crippen LogP contribution in [-0.2, 0) is 11.3 Å². The Labute approximate surface area is 142 Å². The number of ether oxygens (including phenoxy) is 1. The SMILES string of the molecule is O=C(OCc1cc(=O)oc2ccc3ccccc3c12)c1ccncc1. The van der Waals surface area contributed by atoms with E-state index in [-0.39, 0.29) is 6.61 Å². The summed E-state index contributed by atoms with van der Waals surface area (Å²) in [7, 11) is 0. The first kappa shape index (κ1) is 15.1. The molecule has 0 atom stereocenters. The lowest BCUT2D eigenvalue weighted by Gasteiger charge is -2.09. The molecule has 2 aromatic heterocycles. The van der Waals surface area contributed by atoms with Crippen LogP contribution in [0.1, 0.15) is 15.9 Å². The van der Waals surface area contributed by atoms with Crippen molar-refractivity contribution in [1.82, 2.24) is 4.98 Å². The average molecular weight is 331 g/mol. The number of fused-ring (bicyclic) bond motifs is 3. The number of hydrogen-bond acceptors (Lipinski definition) is 5. The van der Waals surface area contributed by atoms with Gasteiger partial charge in [0.15, 0.2) is 0 Å². The van der Waals surface area contributed by atoms with Gasteiger partial charge in [0, 0.05) is 29.4 Å². The summed E-state index contributed by atoms with van der Waals surface area (Å²) in [5, 5.41) is 2.74. The molecule has 0 aliphatic heterocycles. The molecule has 0 bridgehead atoms. The molecule has 0 radical (unpaired) electrons. The number of benzene rings is 2. The Morgan fingerprint density at radius 3 is 2.68 bits per heavy atom. The molecule has 0 unspecified atom stereocenters. The molecule has 25 heavy (non-hydrogen) atoms. The number of carbonyl (C=O) groups is 1. The Balaban J connectivity index is 1.77. The summed E-state index contributed by atoms with van der Waals surface area (Å²) in [6.07, 6.45) is 3.05. The molecule has 122 valence electrons. The molecular formula is C20H13NO4. The van der Waals surface area contributed by atoms with Gasteiger partial charge < -0.3 is 9.15 Å². The summed E-state index contributed by atoms with van der Waals surface area (Å²) in [5.41, 5.74) is 1.02. The Morgan fingerprint density at radius 2 is 1.84 bits per heavy atom. The fourth-order valence-electron chi connectivity index (χ4n) is 2.85. The van der Waals surface area contributed by atoms with Crippen molar-refractivity contribution in [3.8, 4) is 0 Å². The number of carbonyl (C=O) groups excluding carboxylic acids is 1. The third kappa shape index (κ3) is 2.87. The molecule has 5 heteroatoms. The molecule has 4 aromatic rings. The van der Waals surface area contributed by atoms with Gasteiger partial charge in [-0.25, -0.2) is 9.59 Å². The monoisotopic (exact) mass is 331 g/mol. The van der Waals surface area contributed by atoms with Crippen LogP contribution in [-0.4, -0.2) is 11.0 Å². The van der Waals surface area contributed by atoms with Gasteiger partial charge in [0.1, 0.15) is 12.2 Å². The third-order valence-corrected chi connectivity index (χ3v) is 3.99. The number of rotatable bonds is 3. The van der Waals surface area contributed by atoms with Crippen molar-refractivity contribution >= 4 is 27.7 Å². The van der Waals surface area contributed by atoms with Crippen LogP contribution >= 0.6 is 0 Å². The van der Waals surface area contributed by atoms with Gasteiger partial charge in [-0.1, -0.05) is 30.3 Å². The summed E-state index contributed by atoms with van der Waals surface area (Å²) in [6.45, 7) is -0.0166. The number of nitrogens with zero attached hydrogens (tertiary/aromatic N) is 1. The van der Waals surface area contributed by atoms with Gasteiger partial charge in [0.25, 0.3) is 0 Å². The second-order valence-electron chi connectivity index (χ2n) is 5.56. The van der Waals surface area contributed by atoms with Crippen LogP contribution in [0.2, 0.25) is 0 Å². The topological polar surface area (TPSA) is 69.4 Å². The van der Waals surface area contributed by atoms with Crippen LogP contribution in [0, 0.1) is 0 Å². The molecule has 0 N–H and O–H groups in total. The van der Waals surface area contributed by atoms with E-state index in [0.29, 0.717) is 16.7 Å². The molecule has 0 spiro atoms. The summed E-state index contributed by atoms with van der Waals surface area (Å²) >= 11 is 0. The highest BCUT2D eigenvalue weighted by Crippen LogP contribution is 2.27. The lowest BCUT2D eigenvalue weighted by molar-refractivity contribution is 0.0473. The highest BCUT2D eigenvalue weighted by molar-refractivity contribution is 6.07. The minimum Gasteiger partial charge on any atom is -0.457 e. The second-order valence-corrected chi connectivity index (χ2v) is 5.56. The molecule has 2 heterocycles. The Bertz CT molecular complexity index is 1130. The molecule has 4 rings (SSSR count). The summed E-state index contributed by atoms with van der Waals surface area (Å²) in [5.74, 6) is -0.468. The number of esters is 1. The molecule has 0 aliphatic carbocycles. The maximum Gasteiger partial charge on any atom is 0.338 e. The van der Waals surface area contributed by atoms with Crippen molar-refractivity contribution in [2.24, 2.45) is 0 Å². The summed E-state index contributed by atoms with van der Waals surface area (Å²) in [4.78, 5) is 27.9. The van der Waals surface area contributed by atoms with Gasteiger partial charge in [-0.3, -0.25) is 4.98 Å². The van der Waals surface area contributed by atoms with Crippen LogP contribution in [0.3, 0.4) is 0 Å². The molecule has 0 aliphatic rings. The van der Waals surface area contributed by atoms with E-state index in [1.165, 1.54) is 18.5 Å². The standard InChI is InChI=1S/C20H13NO4/c22-18-11-15(12-24-20(23)14-7-9-21-10-8-14)19-16-4-2-1-3-13(16)5-6-17(19)25-18/h1-11H,12H2. The predicted molar refractivity (Wildman–Crippen MR) is 93.3 cm³/mol. The van der Waals surface area contributed by atoms with E-state index in [0.717, 1.165) is 16.2 Å². The van der Waals surface area contributed by atoms with Crippen molar-refractivity contribution in [3.63, 3.8) is 0 Å². The van der Waals surface area contributed by atoms with E-state index >= 15 is 0 Å². The van der Waals surface area contributed by atoms with Gasteiger partial charge in [-0.15, -0.1) is 0 Å². The maximum atomic E-state index is 12.2. The molecule has 2 aromatic carbocycles. The smallest absolute Gasteiger partial charge is 0.338 e. The first-order valence-corrected chi connectivity index (χ1v) is 7.74. The number of hydrogen-bond donors (Lipinski definition) is 0. The van der Waals surface area contributed by atoms with Gasteiger partial charge >= 0.3 is 11.6 Å². The summed E-state index contributed by atoms with van der Waals surface area (Å²) < 4.78 is 10.7. The average Bonchev–Trinajstić information content (AvgIpc) is 2.66. The minimum absolute atomic E-state index is 0.0166. The van der Waals surface area contributed by atoms with Gasteiger partial charge in [0.2, 0.25) is 0 Å². The lowest BCUT2D eigenvalue weighted by Crippen LogP contribution is -2.08. The Kier molecular flexibility index (Phi) is 3.74. The van der Waals surface area contributed by atoms with E-state index in [4.69, 9.17) is 9.15 Å². The van der Waals surface area contributed by atoms with Crippen molar-refractivity contribution in [1.29, 1.82) is 0 Å². The third-order valence-electron chi connectivity index (χ3n) is 3.99. The molecule has 0 amide bonds. The van der Waals surface area contributed by atoms with Crippen molar-refractivity contribution < 1.29 is 13.9 Å². The van der Waals surface area contributed by atoms with Crippen molar-refractivity contribution in [2.45, 2.75) is 6.61 Å². The minimum atomic E-state index is -0.474. The molecule has 0 saturated heterocycles. The molecular weight excluding hydrogens is 318 g/mol. The van der Waals surface area contributed by atoms with E-state index in [2.05, 4.69) is 4.98 Å². The first-order chi connectivity index (χ1) is 12.2. The first-order valence-electron chi connectivity index (χ1n) is 7.74. The van der Waals surface area contributed by atoms with E-state index in [9.17, 15) is 9.59 Å². The van der Waals surface area contributed by atoms with E-state index in [1.807, 2.05) is 30.3 Å². The molecule has 0 fully saturated rings. The van der Waals surface area contributed by atoms with Crippen LogP contribution in [0.15, 0.2) is 76.2 Å². The Hall–Kier alpha value is -3.47. The number of aromatic nitrogens is 1. The second kappa shape index (κ2) is 6.20. The van der Waals surface area contributed by atoms with E-state index in [1.54, 1.807) is 18.2 Å². The zero-order valence-electron chi connectivity index (χ0n) is 13.1. The van der Waals surface area contributed by atoms with Gasteiger partial charge in [0.05, 0.1) is 5.56 Å². The van der Waals surface area contributed by atoms with Gasteiger partial charge in [-0.05, 0) is 29.0 Å². The normalized spacial score (nSPS) is 10.9. The maximum absolute atomic E-state index is 12.2. The molecule has 5 nitrogen and oxygen atoms in total. The van der Waals surface area contributed by atoms with Crippen LogP contribution in [0.5, 0.6) is 0 Å². The highest BCUT2D eigenvalue weighted by Gasteiger charge is 2.12. The highest BCUT2D eigenvalue weighted by atomic mass is 16.5. The lowest BCUT2D eigenvalue weighted by atomic mass is 10.0. The molecule has 0 saturated carbocycles. The van der Waals surface area contributed by atoms with Crippen molar-refractivity contribution in [3.05, 3.63) is 88.5 Å². The summed E-state index contributed by atoms with van der Waals surface area (Å²) in [6, 6.07) is 16.0. The Morgan fingerprint density at radius 1 is 1.04 bits per heavy atom. The van der Waals surface area contributed by atoms with Crippen LogP contribution in [0.25, 0.3) is 21.7 Å². The van der Waals surface area contributed by atoms with Crippen molar-refractivity contribution in [2.75, 3.05) is 0 Å². The zero-order valence-corrected chi connectivity index (χ0v) is 13.1. The largest absolute Gasteiger partial charge is 0.457 e. The zero-order chi connectivity index (χ0) is 17.2. The quantitative estimate of drug-likeness (QED) is 0.325. The van der Waals surface area contributed by atoms with E-state index < -0.39 is 11.6 Å². The van der Waals surface area contributed by atoms with Crippen LogP contribution in [0.4, 0.5) is 0 Å². The number of pyridine rings is 1. The predicted octanol–water partition coefficient (Wildman–Crippen LogP) is 3.70. The van der Waals surface area contributed by atoms with Gasteiger partial charge in [-0.2, -0.15) is 0 Å². The fraction of sp³-hybridized carbons (Fsp3) is 0.0500. The van der Waals surface area contributed by atoms with Crippen LogP contribution < -0.4 is 5.63 Å².